The second-order valence-corrected chi connectivity index (χ2v) is 5.49. The largest absolute Gasteiger partial charge is 0.306 e. The Morgan fingerprint density at radius 1 is 1.42 bits per heavy atom. The molecule has 6 heteroatoms. The average molecular weight is 327 g/mol. The quantitative estimate of drug-likeness (QED) is 0.918. The highest BCUT2D eigenvalue weighted by atomic mass is 79.9. The van der Waals surface area contributed by atoms with Gasteiger partial charge in [-0.3, -0.25) is 4.68 Å². The molecule has 4 nitrogen and oxygen atoms in total. The van der Waals surface area contributed by atoms with Crippen molar-refractivity contribution >= 4 is 15.9 Å². The Morgan fingerprint density at radius 2 is 2.21 bits per heavy atom. The fourth-order valence-electron chi connectivity index (χ4n) is 2.03. The van der Waals surface area contributed by atoms with E-state index in [1.807, 2.05) is 19.9 Å². The van der Waals surface area contributed by atoms with Crippen LogP contribution in [0.25, 0.3) is 0 Å². The summed E-state index contributed by atoms with van der Waals surface area (Å²) >= 11 is 3.26. The van der Waals surface area contributed by atoms with Gasteiger partial charge >= 0.3 is 0 Å². The summed E-state index contributed by atoms with van der Waals surface area (Å²) in [6.07, 6.45) is 3.17. The molecule has 1 aromatic heterocycles. The van der Waals surface area contributed by atoms with Crippen molar-refractivity contribution in [2.45, 2.75) is 32.5 Å². The molecule has 2 rings (SSSR count). The molecule has 1 aromatic carbocycles. The minimum absolute atomic E-state index is 0.0633. The highest BCUT2D eigenvalue weighted by molar-refractivity contribution is 9.10. The number of hydrogen-bond donors (Lipinski definition) is 1. The van der Waals surface area contributed by atoms with Gasteiger partial charge < -0.3 is 5.32 Å². The smallest absolute Gasteiger partial charge is 0.137 e. The standard InChI is InChI=1S/C13H16BrFN4/c1-9(6-19-8-16-7-17-19)18-10(2)12-4-3-11(14)5-13(12)15/h3-5,7-10,18H,6H2,1-2H3. The van der Waals surface area contributed by atoms with Crippen molar-refractivity contribution in [2.75, 3.05) is 0 Å². The Labute approximate surface area is 120 Å². The third-order valence-corrected chi connectivity index (χ3v) is 3.38. The molecule has 0 radical (unpaired) electrons. The molecule has 0 fully saturated rings. The Balaban J connectivity index is 1.98. The van der Waals surface area contributed by atoms with E-state index in [1.54, 1.807) is 17.1 Å². The molecular formula is C13H16BrFN4. The maximum absolute atomic E-state index is 13.8. The van der Waals surface area contributed by atoms with E-state index in [0.717, 1.165) is 4.47 Å². The van der Waals surface area contributed by atoms with E-state index in [1.165, 1.54) is 12.4 Å². The predicted octanol–water partition coefficient (Wildman–Crippen LogP) is 2.92. The third-order valence-electron chi connectivity index (χ3n) is 2.89. The van der Waals surface area contributed by atoms with Gasteiger partial charge in [-0.2, -0.15) is 5.10 Å². The summed E-state index contributed by atoms with van der Waals surface area (Å²) in [7, 11) is 0. The normalized spacial score (nSPS) is 14.3. The zero-order chi connectivity index (χ0) is 13.8. The lowest BCUT2D eigenvalue weighted by molar-refractivity contribution is 0.405. The lowest BCUT2D eigenvalue weighted by Crippen LogP contribution is -2.33. The molecule has 0 aliphatic rings. The van der Waals surface area contributed by atoms with Crippen LogP contribution in [0.15, 0.2) is 35.3 Å². The molecular weight excluding hydrogens is 311 g/mol. The van der Waals surface area contributed by atoms with Gasteiger partial charge in [-0.25, -0.2) is 9.37 Å². The van der Waals surface area contributed by atoms with Crippen LogP contribution < -0.4 is 5.32 Å². The highest BCUT2D eigenvalue weighted by Gasteiger charge is 2.14. The van der Waals surface area contributed by atoms with Crippen LogP contribution in [0.3, 0.4) is 0 Å². The van der Waals surface area contributed by atoms with Gasteiger partial charge in [0.2, 0.25) is 0 Å². The minimum atomic E-state index is -0.206. The molecule has 0 saturated heterocycles. The van der Waals surface area contributed by atoms with Gasteiger partial charge in [-0.05, 0) is 26.0 Å². The molecule has 2 atom stereocenters. The van der Waals surface area contributed by atoms with E-state index in [9.17, 15) is 4.39 Å². The summed E-state index contributed by atoms with van der Waals surface area (Å²) in [4.78, 5) is 3.90. The molecule has 0 spiro atoms. The second kappa shape index (κ2) is 6.25. The number of nitrogens with one attached hydrogen (secondary N) is 1. The first-order valence-corrected chi connectivity index (χ1v) is 6.89. The molecule has 0 bridgehead atoms. The van der Waals surface area contributed by atoms with Crippen molar-refractivity contribution < 1.29 is 4.39 Å². The van der Waals surface area contributed by atoms with Crippen LogP contribution in [0, 0.1) is 5.82 Å². The van der Waals surface area contributed by atoms with Crippen molar-refractivity contribution in [1.82, 2.24) is 20.1 Å². The number of nitrogens with zero attached hydrogens (tertiary/aromatic N) is 3. The number of hydrogen-bond acceptors (Lipinski definition) is 3. The topological polar surface area (TPSA) is 42.7 Å². The monoisotopic (exact) mass is 326 g/mol. The fraction of sp³-hybridized carbons (Fsp3) is 0.385. The van der Waals surface area contributed by atoms with Gasteiger partial charge in [0, 0.05) is 22.1 Å². The Hall–Kier alpha value is -1.27. The fourth-order valence-corrected chi connectivity index (χ4v) is 2.36. The number of rotatable bonds is 5. The predicted molar refractivity (Wildman–Crippen MR) is 75.1 cm³/mol. The van der Waals surface area contributed by atoms with Gasteiger partial charge in [0.1, 0.15) is 18.5 Å². The molecule has 19 heavy (non-hydrogen) atoms. The number of halogens is 2. The zero-order valence-corrected chi connectivity index (χ0v) is 12.4. The van der Waals surface area contributed by atoms with E-state index in [-0.39, 0.29) is 17.9 Å². The van der Waals surface area contributed by atoms with Crippen molar-refractivity contribution in [3.05, 3.63) is 46.7 Å². The summed E-state index contributed by atoms with van der Waals surface area (Å²) in [6.45, 7) is 4.68. The highest BCUT2D eigenvalue weighted by Crippen LogP contribution is 2.21. The van der Waals surface area contributed by atoms with Crippen LogP contribution in [0.2, 0.25) is 0 Å². The zero-order valence-electron chi connectivity index (χ0n) is 10.8. The van der Waals surface area contributed by atoms with Crippen LogP contribution in [-0.2, 0) is 6.54 Å². The van der Waals surface area contributed by atoms with E-state index >= 15 is 0 Å². The van der Waals surface area contributed by atoms with Gasteiger partial charge in [-0.15, -0.1) is 0 Å². The molecule has 0 aliphatic carbocycles. The van der Waals surface area contributed by atoms with E-state index < -0.39 is 0 Å². The summed E-state index contributed by atoms with van der Waals surface area (Å²) in [5, 5.41) is 7.40. The van der Waals surface area contributed by atoms with E-state index in [4.69, 9.17) is 0 Å². The Bertz CT molecular complexity index is 529. The van der Waals surface area contributed by atoms with Crippen molar-refractivity contribution in [2.24, 2.45) is 0 Å². The Kier molecular flexibility index (Phi) is 4.66. The van der Waals surface area contributed by atoms with E-state index in [0.29, 0.717) is 12.1 Å². The van der Waals surface area contributed by atoms with Gasteiger partial charge in [-0.1, -0.05) is 22.0 Å². The van der Waals surface area contributed by atoms with Crippen molar-refractivity contribution in [3.63, 3.8) is 0 Å². The lowest BCUT2D eigenvalue weighted by Gasteiger charge is -2.20. The van der Waals surface area contributed by atoms with Crippen molar-refractivity contribution in [1.29, 1.82) is 0 Å². The Morgan fingerprint density at radius 3 is 2.84 bits per heavy atom. The number of benzene rings is 1. The van der Waals surface area contributed by atoms with Crippen LogP contribution in [0.1, 0.15) is 25.5 Å². The van der Waals surface area contributed by atoms with Crippen LogP contribution in [0.5, 0.6) is 0 Å². The molecule has 2 aromatic rings. The van der Waals surface area contributed by atoms with Gasteiger partial charge in [0.25, 0.3) is 0 Å². The summed E-state index contributed by atoms with van der Waals surface area (Å²) in [5.74, 6) is -0.206. The van der Waals surface area contributed by atoms with Crippen LogP contribution >= 0.6 is 15.9 Å². The van der Waals surface area contributed by atoms with Crippen LogP contribution in [-0.4, -0.2) is 20.8 Å². The summed E-state index contributed by atoms with van der Waals surface area (Å²) in [6, 6.07) is 5.22. The average Bonchev–Trinajstić information content (AvgIpc) is 2.81. The molecule has 0 aliphatic heterocycles. The maximum atomic E-state index is 13.8. The molecule has 102 valence electrons. The van der Waals surface area contributed by atoms with Crippen molar-refractivity contribution in [3.8, 4) is 0 Å². The third kappa shape index (κ3) is 3.84. The maximum Gasteiger partial charge on any atom is 0.137 e. The number of aromatic nitrogens is 3. The first-order chi connectivity index (χ1) is 9.06. The van der Waals surface area contributed by atoms with E-state index in [2.05, 4.69) is 31.3 Å². The summed E-state index contributed by atoms with van der Waals surface area (Å²) in [5.41, 5.74) is 0.661. The summed E-state index contributed by atoms with van der Waals surface area (Å²) < 4.78 is 16.3. The molecule has 0 amide bonds. The first-order valence-electron chi connectivity index (χ1n) is 6.09. The minimum Gasteiger partial charge on any atom is -0.306 e. The lowest BCUT2D eigenvalue weighted by atomic mass is 10.1. The molecule has 2 unspecified atom stereocenters. The first kappa shape index (κ1) is 14.1. The molecule has 1 heterocycles. The molecule has 1 N–H and O–H groups in total. The van der Waals surface area contributed by atoms with Crippen LogP contribution in [0.4, 0.5) is 4.39 Å². The molecule has 0 saturated carbocycles. The van der Waals surface area contributed by atoms with Gasteiger partial charge in [0.15, 0.2) is 0 Å². The SMILES string of the molecule is CC(Cn1cncn1)NC(C)c1ccc(Br)cc1F. The second-order valence-electron chi connectivity index (χ2n) is 4.57. The van der Waals surface area contributed by atoms with Gasteiger partial charge in [0.05, 0.1) is 6.54 Å².